The van der Waals surface area contributed by atoms with Crippen LogP contribution in [0.15, 0.2) is 97.2 Å². The molecule has 472 valence electrons. The van der Waals surface area contributed by atoms with Crippen LogP contribution in [-0.2, 0) is 28.6 Å². The van der Waals surface area contributed by atoms with Crippen LogP contribution in [0.2, 0.25) is 0 Å². The molecule has 0 spiro atoms. The molecule has 0 N–H and O–H groups in total. The van der Waals surface area contributed by atoms with Gasteiger partial charge in [-0.3, -0.25) is 14.4 Å². The first-order chi connectivity index (χ1) is 40.5. The molecule has 0 aliphatic heterocycles. The number of carbonyl (C=O) groups is 3. The van der Waals surface area contributed by atoms with Gasteiger partial charge in [-0.2, -0.15) is 0 Å². The number of rotatable bonds is 64. The van der Waals surface area contributed by atoms with E-state index in [0.717, 1.165) is 116 Å². The summed E-state index contributed by atoms with van der Waals surface area (Å²) in [5.74, 6) is -0.871. The van der Waals surface area contributed by atoms with E-state index in [1.807, 2.05) is 0 Å². The molecule has 0 saturated heterocycles. The van der Waals surface area contributed by atoms with Crippen LogP contribution in [0, 0.1) is 0 Å². The van der Waals surface area contributed by atoms with Crippen molar-refractivity contribution in [3.63, 3.8) is 0 Å². The number of hydrogen-bond acceptors (Lipinski definition) is 6. The third-order valence-electron chi connectivity index (χ3n) is 15.3. The molecule has 6 heteroatoms. The maximum Gasteiger partial charge on any atom is 0.306 e. The van der Waals surface area contributed by atoms with E-state index in [4.69, 9.17) is 14.2 Å². The van der Waals surface area contributed by atoms with Crippen molar-refractivity contribution in [2.75, 3.05) is 13.2 Å². The Labute approximate surface area is 508 Å². The summed E-state index contributed by atoms with van der Waals surface area (Å²) in [6.07, 6.45) is 94.3. The van der Waals surface area contributed by atoms with Crippen LogP contribution in [0.5, 0.6) is 0 Å². The number of carbonyl (C=O) groups excluding carboxylic acids is 3. The van der Waals surface area contributed by atoms with Gasteiger partial charge in [0.05, 0.1) is 0 Å². The average molecular weight is 1140 g/mol. The minimum atomic E-state index is -0.782. The Morgan fingerprint density at radius 2 is 0.476 bits per heavy atom. The lowest BCUT2D eigenvalue weighted by atomic mass is 10.0. The highest BCUT2D eigenvalue weighted by Crippen LogP contribution is 2.17. The molecular formula is C76H132O6. The van der Waals surface area contributed by atoms with E-state index in [1.165, 1.54) is 193 Å². The fourth-order valence-electron chi connectivity index (χ4n) is 10.1. The minimum absolute atomic E-state index is 0.0767. The second-order valence-corrected chi connectivity index (χ2v) is 23.4. The van der Waals surface area contributed by atoms with E-state index in [1.54, 1.807) is 0 Å². The predicted molar refractivity (Wildman–Crippen MR) is 357 cm³/mol. The summed E-state index contributed by atoms with van der Waals surface area (Å²) in [5.41, 5.74) is 0. The molecule has 0 heterocycles. The molecule has 0 saturated carbocycles. The van der Waals surface area contributed by atoms with Gasteiger partial charge >= 0.3 is 17.9 Å². The van der Waals surface area contributed by atoms with Crippen LogP contribution in [0.4, 0.5) is 0 Å². The Bertz CT molecular complexity index is 1590. The van der Waals surface area contributed by atoms with Crippen molar-refractivity contribution in [1.82, 2.24) is 0 Å². The zero-order valence-corrected chi connectivity index (χ0v) is 54.2. The van der Waals surface area contributed by atoms with Crippen molar-refractivity contribution >= 4 is 17.9 Å². The van der Waals surface area contributed by atoms with E-state index in [9.17, 15) is 14.4 Å². The van der Waals surface area contributed by atoms with Crippen LogP contribution < -0.4 is 0 Å². The molecule has 0 fully saturated rings. The first kappa shape index (κ1) is 78.3. The van der Waals surface area contributed by atoms with Crippen molar-refractivity contribution in [2.24, 2.45) is 0 Å². The molecule has 0 rings (SSSR count). The quantitative estimate of drug-likeness (QED) is 0.0261. The van der Waals surface area contributed by atoms with Crippen LogP contribution in [0.3, 0.4) is 0 Å². The highest BCUT2D eigenvalue weighted by atomic mass is 16.6. The summed E-state index contributed by atoms with van der Waals surface area (Å²) < 4.78 is 17.0. The van der Waals surface area contributed by atoms with Crippen molar-refractivity contribution < 1.29 is 28.6 Å². The molecular weight excluding hydrogens is 1010 g/mol. The molecule has 0 aliphatic carbocycles. The first-order valence-electron chi connectivity index (χ1n) is 35.2. The Kier molecular flexibility index (Phi) is 66.7. The number of esters is 3. The number of allylic oxidation sites excluding steroid dienone is 16. The summed E-state index contributed by atoms with van der Waals surface area (Å²) in [6, 6.07) is 0. The topological polar surface area (TPSA) is 78.9 Å². The van der Waals surface area contributed by atoms with Crippen LogP contribution in [0.1, 0.15) is 348 Å². The van der Waals surface area contributed by atoms with E-state index in [2.05, 4.69) is 118 Å². The van der Waals surface area contributed by atoms with Crippen molar-refractivity contribution in [3.05, 3.63) is 97.2 Å². The largest absolute Gasteiger partial charge is 0.462 e. The average Bonchev–Trinajstić information content (AvgIpc) is 3.47. The van der Waals surface area contributed by atoms with Gasteiger partial charge in [0.2, 0.25) is 0 Å². The van der Waals surface area contributed by atoms with Crippen LogP contribution >= 0.6 is 0 Å². The number of unbranched alkanes of at least 4 members (excludes halogenated alkanes) is 37. The second kappa shape index (κ2) is 69.8. The number of ether oxygens (including phenoxy) is 3. The summed E-state index contributed by atoms with van der Waals surface area (Å²) in [4.78, 5) is 38.4. The maximum absolute atomic E-state index is 12.9. The monoisotopic (exact) mass is 1140 g/mol. The molecule has 82 heavy (non-hydrogen) atoms. The zero-order chi connectivity index (χ0) is 59.2. The lowest BCUT2D eigenvalue weighted by molar-refractivity contribution is -0.167. The van der Waals surface area contributed by atoms with Gasteiger partial charge in [-0.25, -0.2) is 0 Å². The Balaban J connectivity index is 4.24. The normalized spacial score (nSPS) is 12.7. The van der Waals surface area contributed by atoms with Gasteiger partial charge in [0, 0.05) is 19.3 Å². The molecule has 0 aromatic rings. The van der Waals surface area contributed by atoms with Gasteiger partial charge in [0.1, 0.15) is 13.2 Å². The molecule has 0 aromatic carbocycles. The highest BCUT2D eigenvalue weighted by Gasteiger charge is 2.19. The zero-order valence-electron chi connectivity index (χ0n) is 54.2. The van der Waals surface area contributed by atoms with Gasteiger partial charge in [-0.1, -0.05) is 323 Å². The summed E-state index contributed by atoms with van der Waals surface area (Å²) >= 11 is 0. The second-order valence-electron chi connectivity index (χ2n) is 23.4. The van der Waals surface area contributed by atoms with Gasteiger partial charge in [0.15, 0.2) is 6.10 Å². The third-order valence-corrected chi connectivity index (χ3v) is 15.3. The maximum atomic E-state index is 12.9. The molecule has 0 aliphatic rings. The number of hydrogen-bond donors (Lipinski definition) is 0. The lowest BCUT2D eigenvalue weighted by Crippen LogP contribution is -2.30. The van der Waals surface area contributed by atoms with Gasteiger partial charge in [-0.05, 0) is 103 Å². The minimum Gasteiger partial charge on any atom is -0.462 e. The van der Waals surface area contributed by atoms with Crippen molar-refractivity contribution in [3.8, 4) is 0 Å². The van der Waals surface area contributed by atoms with E-state index in [-0.39, 0.29) is 31.1 Å². The summed E-state index contributed by atoms with van der Waals surface area (Å²) in [7, 11) is 0. The molecule has 0 radical (unpaired) electrons. The van der Waals surface area contributed by atoms with Crippen LogP contribution in [-0.4, -0.2) is 37.2 Å². The van der Waals surface area contributed by atoms with E-state index in [0.29, 0.717) is 19.3 Å². The van der Waals surface area contributed by atoms with Crippen LogP contribution in [0.25, 0.3) is 0 Å². The molecule has 0 bridgehead atoms. The fourth-order valence-corrected chi connectivity index (χ4v) is 10.1. The molecule has 0 aromatic heterocycles. The molecule has 6 nitrogen and oxygen atoms in total. The fraction of sp³-hybridized carbons (Fsp3) is 0.750. The van der Waals surface area contributed by atoms with E-state index < -0.39 is 6.10 Å². The predicted octanol–water partition coefficient (Wildman–Crippen LogP) is 24.4. The summed E-state index contributed by atoms with van der Waals surface area (Å²) in [6.45, 7) is 6.56. The Morgan fingerprint density at radius 1 is 0.256 bits per heavy atom. The van der Waals surface area contributed by atoms with Gasteiger partial charge in [-0.15, -0.1) is 0 Å². The molecule has 1 unspecified atom stereocenters. The summed E-state index contributed by atoms with van der Waals surface area (Å²) in [5, 5.41) is 0. The third kappa shape index (κ3) is 67.1. The lowest BCUT2D eigenvalue weighted by Gasteiger charge is -2.18. The molecule has 0 amide bonds. The van der Waals surface area contributed by atoms with Gasteiger partial charge in [0.25, 0.3) is 0 Å². The molecule has 1 atom stereocenters. The highest BCUT2D eigenvalue weighted by molar-refractivity contribution is 5.71. The standard InChI is InChI=1S/C76H132O6/c1-4-7-10-13-16-19-22-25-28-30-31-32-33-34-35-36-37-38-39-40-41-42-43-44-45-46-49-51-54-57-60-63-66-69-75(78)81-72-73(71-80-74(77)68-65-62-59-56-53-50-47-27-24-21-18-15-12-9-6-3)82-76(79)70-67-64-61-58-55-52-48-29-26-23-20-17-14-11-8-5-2/h7,10,16,19,25,28-29,31-32,34-35,37-38,40-41,48,73H,4-6,8-9,11-15,17-18,20-24,26-27,30,33,36,39,42-47,49-72H2,1-3H3/b10-7-,19-16-,28-25-,32-31-,35-34-,38-37-,41-40-,48-29-. The Hall–Kier alpha value is -3.67. The Morgan fingerprint density at radius 3 is 0.756 bits per heavy atom. The first-order valence-corrected chi connectivity index (χ1v) is 35.2. The smallest absolute Gasteiger partial charge is 0.306 e. The van der Waals surface area contributed by atoms with E-state index >= 15 is 0 Å². The van der Waals surface area contributed by atoms with Crippen molar-refractivity contribution in [1.29, 1.82) is 0 Å². The van der Waals surface area contributed by atoms with Gasteiger partial charge < -0.3 is 14.2 Å². The van der Waals surface area contributed by atoms with Crippen molar-refractivity contribution in [2.45, 2.75) is 354 Å². The SMILES string of the molecule is CC/C=C\C/C=C\C/C=C\C/C=C\C/C=C\C/C=C\C/C=C\CCCCCCCCCCCCCC(=O)OCC(COC(=O)CCCCCCCCCCCCCCCCC)OC(=O)CCCCCCC/C=C\CCCCCCCCC.